The van der Waals surface area contributed by atoms with Crippen LogP contribution in [0.4, 0.5) is 0 Å². The molecule has 106 valence electrons. The smallest absolute Gasteiger partial charge is 0.0568 e. The summed E-state index contributed by atoms with van der Waals surface area (Å²) in [7, 11) is 0. The molecular formula is C18H15BrIN. The molecule has 0 aromatic heterocycles. The van der Waals surface area contributed by atoms with Gasteiger partial charge in [-0.2, -0.15) is 0 Å². The summed E-state index contributed by atoms with van der Waals surface area (Å²) in [6.07, 6.45) is 0. The van der Waals surface area contributed by atoms with Gasteiger partial charge >= 0.3 is 0 Å². The van der Waals surface area contributed by atoms with E-state index < -0.39 is 0 Å². The molecule has 0 amide bonds. The van der Waals surface area contributed by atoms with Crippen LogP contribution in [0, 0.1) is 10.5 Å². The van der Waals surface area contributed by atoms with E-state index in [1.165, 1.54) is 25.5 Å². The Morgan fingerprint density at radius 1 is 0.952 bits per heavy atom. The van der Waals surface area contributed by atoms with Crippen LogP contribution in [0.5, 0.6) is 0 Å². The monoisotopic (exact) mass is 451 g/mol. The SMILES string of the molecule is Cc1ccc(C(N)c2cc(Br)ccc2I)c2ccccc12. The Balaban J connectivity index is 2.20. The van der Waals surface area contributed by atoms with Crippen molar-refractivity contribution in [2.24, 2.45) is 5.73 Å². The van der Waals surface area contributed by atoms with Crippen molar-refractivity contribution >= 4 is 49.3 Å². The lowest BCUT2D eigenvalue weighted by Crippen LogP contribution is -2.14. The first-order valence-electron chi connectivity index (χ1n) is 6.76. The number of nitrogens with two attached hydrogens (primary N) is 1. The lowest BCUT2D eigenvalue weighted by atomic mass is 9.92. The van der Waals surface area contributed by atoms with Gasteiger partial charge in [0.15, 0.2) is 0 Å². The van der Waals surface area contributed by atoms with Gasteiger partial charge in [-0.15, -0.1) is 0 Å². The first-order valence-corrected chi connectivity index (χ1v) is 8.64. The van der Waals surface area contributed by atoms with Gasteiger partial charge in [0.1, 0.15) is 0 Å². The van der Waals surface area contributed by atoms with Crippen LogP contribution in [-0.2, 0) is 0 Å². The molecule has 1 unspecified atom stereocenters. The highest BCUT2D eigenvalue weighted by Gasteiger charge is 2.15. The Kier molecular flexibility index (Phi) is 4.33. The predicted molar refractivity (Wildman–Crippen MR) is 102 cm³/mol. The molecule has 2 N–H and O–H groups in total. The fourth-order valence-corrected chi connectivity index (χ4v) is 3.71. The second-order valence-corrected chi connectivity index (χ2v) is 7.24. The minimum atomic E-state index is -0.125. The van der Waals surface area contributed by atoms with E-state index in [1.54, 1.807) is 0 Å². The number of hydrogen-bond acceptors (Lipinski definition) is 1. The van der Waals surface area contributed by atoms with E-state index in [1.807, 2.05) is 6.07 Å². The Hall–Kier alpha value is -0.910. The van der Waals surface area contributed by atoms with Crippen molar-refractivity contribution in [1.29, 1.82) is 0 Å². The number of halogens is 2. The van der Waals surface area contributed by atoms with E-state index in [4.69, 9.17) is 5.73 Å². The maximum atomic E-state index is 6.58. The number of fused-ring (bicyclic) bond motifs is 1. The van der Waals surface area contributed by atoms with Crippen molar-refractivity contribution in [3.05, 3.63) is 79.3 Å². The van der Waals surface area contributed by atoms with Gasteiger partial charge in [0, 0.05) is 8.04 Å². The van der Waals surface area contributed by atoms with E-state index in [2.05, 4.69) is 94.0 Å². The molecule has 0 saturated carbocycles. The topological polar surface area (TPSA) is 26.0 Å². The van der Waals surface area contributed by atoms with E-state index in [0.29, 0.717) is 0 Å². The number of hydrogen-bond donors (Lipinski definition) is 1. The number of benzene rings is 3. The molecule has 0 fully saturated rings. The van der Waals surface area contributed by atoms with Gasteiger partial charge in [0.05, 0.1) is 6.04 Å². The highest BCUT2D eigenvalue weighted by atomic mass is 127. The fourth-order valence-electron chi connectivity index (χ4n) is 2.66. The average molecular weight is 452 g/mol. The maximum absolute atomic E-state index is 6.58. The molecule has 0 aliphatic carbocycles. The van der Waals surface area contributed by atoms with Crippen LogP contribution in [0.2, 0.25) is 0 Å². The number of rotatable bonds is 2. The lowest BCUT2D eigenvalue weighted by Gasteiger charge is -2.18. The second-order valence-electron chi connectivity index (χ2n) is 5.16. The fraction of sp³-hybridized carbons (Fsp3) is 0.111. The highest BCUT2D eigenvalue weighted by Crippen LogP contribution is 2.32. The van der Waals surface area contributed by atoms with Gasteiger partial charge in [0.25, 0.3) is 0 Å². The summed E-state index contributed by atoms with van der Waals surface area (Å²) in [5.74, 6) is 0. The third-order valence-corrected chi connectivity index (χ3v) is 5.28. The zero-order chi connectivity index (χ0) is 15.0. The van der Waals surface area contributed by atoms with Crippen molar-refractivity contribution in [2.75, 3.05) is 0 Å². The standard InChI is InChI=1S/C18H15BrIN/c1-11-6-8-15(14-5-3-2-4-13(11)14)18(21)16-10-12(19)7-9-17(16)20/h2-10,18H,21H2,1H3. The third-order valence-electron chi connectivity index (χ3n) is 3.80. The van der Waals surface area contributed by atoms with Gasteiger partial charge in [-0.1, -0.05) is 52.3 Å². The van der Waals surface area contributed by atoms with Crippen LogP contribution in [0.3, 0.4) is 0 Å². The van der Waals surface area contributed by atoms with E-state index in [-0.39, 0.29) is 6.04 Å². The Bertz CT molecular complexity index is 813. The summed E-state index contributed by atoms with van der Waals surface area (Å²) < 4.78 is 2.25. The summed E-state index contributed by atoms with van der Waals surface area (Å²) in [4.78, 5) is 0. The van der Waals surface area contributed by atoms with E-state index >= 15 is 0 Å². The minimum Gasteiger partial charge on any atom is -0.320 e. The molecule has 0 heterocycles. The molecule has 0 bridgehead atoms. The highest BCUT2D eigenvalue weighted by molar-refractivity contribution is 14.1. The van der Waals surface area contributed by atoms with Crippen molar-refractivity contribution < 1.29 is 0 Å². The molecule has 0 radical (unpaired) electrons. The molecule has 0 spiro atoms. The Morgan fingerprint density at radius 3 is 2.43 bits per heavy atom. The Labute approximate surface area is 146 Å². The van der Waals surface area contributed by atoms with Gasteiger partial charge in [-0.3, -0.25) is 0 Å². The minimum absolute atomic E-state index is 0.125. The summed E-state index contributed by atoms with van der Waals surface area (Å²) >= 11 is 5.89. The maximum Gasteiger partial charge on any atom is 0.0568 e. The third kappa shape index (κ3) is 2.87. The van der Waals surface area contributed by atoms with Gasteiger partial charge in [-0.05, 0) is 75.2 Å². The molecule has 0 saturated heterocycles. The summed E-state index contributed by atoms with van der Waals surface area (Å²) in [5, 5.41) is 2.51. The average Bonchev–Trinajstić information content (AvgIpc) is 2.50. The molecule has 21 heavy (non-hydrogen) atoms. The van der Waals surface area contributed by atoms with Crippen molar-refractivity contribution in [3.63, 3.8) is 0 Å². The van der Waals surface area contributed by atoms with Crippen LogP contribution in [0.1, 0.15) is 22.7 Å². The summed E-state index contributed by atoms with van der Waals surface area (Å²) in [5.41, 5.74) is 10.2. The predicted octanol–water partition coefficient (Wildman–Crippen LogP) is 5.56. The first-order chi connectivity index (χ1) is 10.1. The molecule has 3 aromatic rings. The van der Waals surface area contributed by atoms with Gasteiger partial charge in [-0.25, -0.2) is 0 Å². The molecule has 0 aliphatic rings. The number of aryl methyl sites for hydroxylation is 1. The molecule has 3 heteroatoms. The largest absolute Gasteiger partial charge is 0.320 e. The van der Waals surface area contributed by atoms with Gasteiger partial charge in [0.2, 0.25) is 0 Å². The Morgan fingerprint density at radius 2 is 1.67 bits per heavy atom. The molecule has 1 atom stereocenters. The first kappa shape index (κ1) is 15.0. The molecule has 0 aliphatic heterocycles. The molecule has 3 aromatic carbocycles. The van der Waals surface area contributed by atoms with Crippen molar-refractivity contribution in [2.45, 2.75) is 13.0 Å². The lowest BCUT2D eigenvalue weighted by molar-refractivity contribution is 0.873. The van der Waals surface area contributed by atoms with Crippen molar-refractivity contribution in [3.8, 4) is 0 Å². The van der Waals surface area contributed by atoms with Crippen molar-refractivity contribution in [1.82, 2.24) is 0 Å². The molecule has 3 rings (SSSR count). The van der Waals surface area contributed by atoms with Crippen LogP contribution < -0.4 is 5.73 Å². The van der Waals surface area contributed by atoms with Crippen LogP contribution >= 0.6 is 38.5 Å². The normalized spacial score (nSPS) is 12.6. The van der Waals surface area contributed by atoms with Crippen LogP contribution in [0.15, 0.2) is 59.1 Å². The second kappa shape index (κ2) is 6.07. The molecular weight excluding hydrogens is 437 g/mol. The van der Waals surface area contributed by atoms with Crippen LogP contribution in [0.25, 0.3) is 10.8 Å². The summed E-state index contributed by atoms with van der Waals surface area (Å²) in [6, 6.07) is 18.9. The zero-order valence-electron chi connectivity index (χ0n) is 11.6. The van der Waals surface area contributed by atoms with E-state index in [9.17, 15) is 0 Å². The van der Waals surface area contributed by atoms with Crippen LogP contribution in [-0.4, -0.2) is 0 Å². The summed E-state index contributed by atoms with van der Waals surface area (Å²) in [6.45, 7) is 2.14. The molecule has 1 nitrogen and oxygen atoms in total. The van der Waals surface area contributed by atoms with E-state index in [0.717, 1.165) is 10.0 Å². The zero-order valence-corrected chi connectivity index (χ0v) is 15.4. The quantitative estimate of drug-likeness (QED) is 0.507. The van der Waals surface area contributed by atoms with Gasteiger partial charge < -0.3 is 5.73 Å².